The third kappa shape index (κ3) is 55.3. The molecule has 0 aliphatic rings. The number of phosphoric acid groups is 1. The van der Waals surface area contributed by atoms with Gasteiger partial charge >= 0.3 is 5.97 Å². The molecule has 0 aromatic carbocycles. The molecule has 0 bridgehead atoms. The minimum Gasteiger partial charge on any atom is -0.756 e. The number of quaternary nitrogens is 1. The summed E-state index contributed by atoms with van der Waals surface area (Å²) < 4.78 is 34.8. The van der Waals surface area contributed by atoms with Gasteiger partial charge in [-0.3, -0.25) is 9.36 Å². The van der Waals surface area contributed by atoms with Crippen LogP contribution in [0, 0.1) is 0 Å². The number of esters is 1. The standard InChI is InChI=1S/C58H110NO7P/c1-6-8-10-12-14-16-18-20-22-24-26-28-29-30-32-34-36-38-40-42-44-46-48-50-53-63-55-57(56-65-67(61,62)64-54-52-59(3,4)5)66-58(60)51-49-47-45-43-41-39-37-35-33-31-27-25-23-21-19-17-15-13-11-9-7-2/h18,20,24-27,29-30,57H,6-17,19,21-23,28,31-56H2,1-5H3/b20-18-,26-24-,27-25-,30-29-. The van der Waals surface area contributed by atoms with E-state index < -0.39 is 13.9 Å². The summed E-state index contributed by atoms with van der Waals surface area (Å²) in [7, 11) is 1.36. The second-order valence-corrected chi connectivity index (χ2v) is 21.7. The first-order valence-corrected chi connectivity index (χ1v) is 29.8. The average Bonchev–Trinajstić information content (AvgIpc) is 3.29. The van der Waals surface area contributed by atoms with Crippen molar-refractivity contribution in [2.75, 3.05) is 54.1 Å². The topological polar surface area (TPSA) is 94.1 Å². The van der Waals surface area contributed by atoms with Crippen molar-refractivity contribution < 1.29 is 37.3 Å². The lowest BCUT2D eigenvalue weighted by molar-refractivity contribution is -0.870. The molecular formula is C58H110NO7P. The van der Waals surface area contributed by atoms with E-state index in [-0.39, 0.29) is 25.8 Å². The van der Waals surface area contributed by atoms with Gasteiger partial charge in [-0.25, -0.2) is 0 Å². The summed E-state index contributed by atoms with van der Waals surface area (Å²) in [6.07, 6.45) is 64.3. The molecule has 0 spiro atoms. The van der Waals surface area contributed by atoms with Crippen molar-refractivity contribution in [2.45, 2.75) is 264 Å². The Morgan fingerprint density at radius 3 is 1.24 bits per heavy atom. The fraction of sp³-hybridized carbons (Fsp3) is 0.845. The minimum atomic E-state index is -4.54. The number of nitrogens with zero attached hydrogens (tertiary/aromatic N) is 1. The molecule has 8 nitrogen and oxygen atoms in total. The quantitative estimate of drug-likeness (QED) is 0.0197. The molecule has 0 saturated heterocycles. The summed E-state index contributed by atoms with van der Waals surface area (Å²) in [6.45, 7) is 5.42. The number of unbranched alkanes of at least 4 members (excludes halogenated alkanes) is 31. The van der Waals surface area contributed by atoms with E-state index in [2.05, 4.69) is 62.5 Å². The lowest BCUT2D eigenvalue weighted by Crippen LogP contribution is -2.37. The Kier molecular flexibility index (Phi) is 49.7. The Morgan fingerprint density at radius 1 is 0.463 bits per heavy atom. The van der Waals surface area contributed by atoms with Gasteiger partial charge in [0.2, 0.25) is 0 Å². The summed E-state index contributed by atoms with van der Waals surface area (Å²) in [5.41, 5.74) is 0. The summed E-state index contributed by atoms with van der Waals surface area (Å²) in [5.74, 6) is -0.336. The lowest BCUT2D eigenvalue weighted by atomic mass is 10.1. The van der Waals surface area contributed by atoms with E-state index in [9.17, 15) is 14.3 Å². The highest BCUT2D eigenvalue weighted by Gasteiger charge is 2.20. The van der Waals surface area contributed by atoms with Crippen molar-refractivity contribution in [3.8, 4) is 0 Å². The first-order chi connectivity index (χ1) is 32.6. The zero-order chi connectivity index (χ0) is 49.0. The van der Waals surface area contributed by atoms with Crippen molar-refractivity contribution in [2.24, 2.45) is 0 Å². The number of carbonyl (C=O) groups is 1. The maximum atomic E-state index is 12.8. The van der Waals surface area contributed by atoms with E-state index in [1.54, 1.807) is 0 Å². The van der Waals surface area contributed by atoms with Gasteiger partial charge in [-0.2, -0.15) is 0 Å². The fourth-order valence-corrected chi connectivity index (χ4v) is 8.69. The predicted molar refractivity (Wildman–Crippen MR) is 286 cm³/mol. The number of rotatable bonds is 53. The van der Waals surface area contributed by atoms with Gasteiger partial charge in [-0.1, -0.05) is 223 Å². The van der Waals surface area contributed by atoms with Gasteiger partial charge in [0.25, 0.3) is 7.82 Å². The summed E-state index contributed by atoms with van der Waals surface area (Å²) in [4.78, 5) is 25.2. The van der Waals surface area contributed by atoms with Crippen molar-refractivity contribution in [1.82, 2.24) is 0 Å². The molecule has 394 valence electrons. The van der Waals surface area contributed by atoms with Crippen LogP contribution >= 0.6 is 7.82 Å². The summed E-state index contributed by atoms with van der Waals surface area (Å²) >= 11 is 0. The Hall–Kier alpha value is -1.54. The van der Waals surface area contributed by atoms with Crippen LogP contribution in [0.4, 0.5) is 0 Å². The molecule has 0 saturated carbocycles. The maximum Gasteiger partial charge on any atom is 0.306 e. The number of phosphoric ester groups is 1. The van der Waals surface area contributed by atoms with Crippen LogP contribution in [-0.2, 0) is 27.9 Å². The number of likely N-dealkylation sites (N-methyl/N-ethyl adjacent to an activating group) is 1. The second-order valence-electron chi connectivity index (χ2n) is 20.3. The highest BCUT2D eigenvalue weighted by molar-refractivity contribution is 7.45. The molecule has 9 heteroatoms. The van der Waals surface area contributed by atoms with E-state index in [0.29, 0.717) is 24.1 Å². The molecule has 0 aromatic heterocycles. The molecule has 0 aromatic rings. The van der Waals surface area contributed by atoms with Crippen molar-refractivity contribution in [3.05, 3.63) is 48.6 Å². The number of carbonyl (C=O) groups excluding carboxylic acids is 1. The molecule has 0 amide bonds. The lowest BCUT2D eigenvalue weighted by Gasteiger charge is -2.28. The first kappa shape index (κ1) is 65.5. The van der Waals surface area contributed by atoms with E-state index in [1.807, 2.05) is 21.1 Å². The number of hydrogen-bond acceptors (Lipinski definition) is 7. The minimum absolute atomic E-state index is 0.0240. The fourth-order valence-electron chi connectivity index (χ4n) is 7.96. The molecular weight excluding hydrogens is 854 g/mol. The van der Waals surface area contributed by atoms with Gasteiger partial charge in [0.15, 0.2) is 0 Å². The third-order valence-electron chi connectivity index (χ3n) is 12.4. The Balaban J connectivity index is 4.10. The van der Waals surface area contributed by atoms with Gasteiger partial charge in [-0.05, 0) is 77.0 Å². The molecule has 0 rings (SSSR count). The monoisotopic (exact) mass is 964 g/mol. The molecule has 0 aliphatic heterocycles. The molecule has 0 fully saturated rings. The number of allylic oxidation sites excluding steroid dienone is 8. The second kappa shape index (κ2) is 50.8. The summed E-state index contributed by atoms with van der Waals surface area (Å²) in [5, 5.41) is 0. The molecule has 0 N–H and O–H groups in total. The number of hydrogen-bond donors (Lipinski definition) is 0. The molecule has 0 heterocycles. The molecule has 2 atom stereocenters. The Morgan fingerprint density at radius 2 is 0.821 bits per heavy atom. The average molecular weight is 964 g/mol. The first-order valence-electron chi connectivity index (χ1n) is 28.4. The van der Waals surface area contributed by atoms with Crippen molar-refractivity contribution in [1.29, 1.82) is 0 Å². The van der Waals surface area contributed by atoms with Crippen LogP contribution < -0.4 is 4.89 Å². The smallest absolute Gasteiger partial charge is 0.306 e. The largest absolute Gasteiger partial charge is 0.756 e. The zero-order valence-electron chi connectivity index (χ0n) is 44.9. The predicted octanol–water partition coefficient (Wildman–Crippen LogP) is 17.2. The van der Waals surface area contributed by atoms with Crippen LogP contribution in [0.3, 0.4) is 0 Å². The van der Waals surface area contributed by atoms with Gasteiger partial charge in [0.05, 0.1) is 34.4 Å². The zero-order valence-corrected chi connectivity index (χ0v) is 45.7. The van der Waals surface area contributed by atoms with E-state index in [4.69, 9.17) is 18.5 Å². The number of ether oxygens (including phenoxy) is 2. The van der Waals surface area contributed by atoms with Gasteiger partial charge in [0.1, 0.15) is 19.3 Å². The van der Waals surface area contributed by atoms with Crippen molar-refractivity contribution in [3.63, 3.8) is 0 Å². The van der Waals surface area contributed by atoms with Crippen LogP contribution in [0.2, 0.25) is 0 Å². The third-order valence-corrected chi connectivity index (χ3v) is 13.3. The summed E-state index contributed by atoms with van der Waals surface area (Å²) in [6, 6.07) is 0. The van der Waals surface area contributed by atoms with Crippen LogP contribution in [0.25, 0.3) is 0 Å². The van der Waals surface area contributed by atoms with E-state index in [0.717, 1.165) is 44.9 Å². The van der Waals surface area contributed by atoms with Crippen LogP contribution in [0.5, 0.6) is 0 Å². The normalized spacial score (nSPS) is 13.8. The van der Waals surface area contributed by atoms with E-state index >= 15 is 0 Å². The van der Waals surface area contributed by atoms with Gasteiger partial charge in [0, 0.05) is 13.0 Å². The maximum absolute atomic E-state index is 12.8. The van der Waals surface area contributed by atoms with Crippen LogP contribution in [0.15, 0.2) is 48.6 Å². The van der Waals surface area contributed by atoms with Crippen LogP contribution in [-0.4, -0.2) is 70.7 Å². The van der Waals surface area contributed by atoms with E-state index in [1.165, 1.54) is 193 Å². The molecule has 67 heavy (non-hydrogen) atoms. The Bertz CT molecular complexity index is 1210. The Labute approximate surface area is 416 Å². The SMILES string of the molecule is CCCCCCC/C=C\C/C=C\C/C=C\CCCCCCCCCCCOCC(COP(=O)([O-])OCC[N+](C)(C)C)OC(=O)CCCCCCCCCCC/C=C\CCCCCCCCCC. The van der Waals surface area contributed by atoms with Gasteiger partial charge in [-0.15, -0.1) is 0 Å². The van der Waals surface area contributed by atoms with Crippen molar-refractivity contribution >= 4 is 13.8 Å². The molecule has 0 radical (unpaired) electrons. The van der Waals surface area contributed by atoms with Crippen LogP contribution in [0.1, 0.15) is 258 Å². The highest BCUT2D eigenvalue weighted by atomic mass is 31.2. The molecule has 0 aliphatic carbocycles. The highest BCUT2D eigenvalue weighted by Crippen LogP contribution is 2.38. The molecule has 2 unspecified atom stereocenters. The van der Waals surface area contributed by atoms with Gasteiger partial charge < -0.3 is 27.9 Å².